The Kier molecular flexibility index (Phi) is 1.37. The summed E-state index contributed by atoms with van der Waals surface area (Å²) in [5, 5.41) is 0. The highest BCUT2D eigenvalue weighted by Crippen LogP contribution is 2.80. The molecule has 0 aromatic rings. The lowest BCUT2D eigenvalue weighted by molar-refractivity contribution is -0.201. The van der Waals surface area contributed by atoms with Crippen LogP contribution in [0.4, 0.5) is 0 Å². The molecule has 0 radical (unpaired) electrons. The van der Waals surface area contributed by atoms with E-state index in [1.165, 1.54) is 12.8 Å². The smallest absolute Gasteiger partial charge is 0.212 e. The van der Waals surface area contributed by atoms with E-state index in [0.29, 0.717) is 5.41 Å². The summed E-state index contributed by atoms with van der Waals surface area (Å²) >= 11 is 0. The first-order valence-electron chi connectivity index (χ1n) is 4.86. The van der Waals surface area contributed by atoms with Crippen molar-refractivity contribution in [3.8, 4) is 0 Å². The van der Waals surface area contributed by atoms with E-state index in [4.69, 9.17) is 10.7 Å². The molecule has 0 amide bonds. The first-order valence-corrected chi connectivity index (χ1v) is 7.33. The standard InChI is InChI=1S/C9H13ClO2S/c10-13(11,12)6-8-3-9(4-8,5-8)7-1-2-7/h7H,1-6H2. The minimum atomic E-state index is -3.26. The molecule has 0 unspecified atom stereocenters. The van der Waals surface area contributed by atoms with Crippen molar-refractivity contribution in [3.63, 3.8) is 0 Å². The molecular weight excluding hydrogens is 208 g/mol. The van der Waals surface area contributed by atoms with E-state index in [9.17, 15) is 8.42 Å². The van der Waals surface area contributed by atoms with E-state index in [2.05, 4.69) is 0 Å². The summed E-state index contributed by atoms with van der Waals surface area (Å²) in [7, 11) is 2.00. The molecule has 74 valence electrons. The fraction of sp³-hybridized carbons (Fsp3) is 1.00. The predicted octanol–water partition coefficient (Wildman–Crippen LogP) is 2.14. The Morgan fingerprint density at radius 1 is 1.23 bits per heavy atom. The minimum Gasteiger partial charge on any atom is -0.212 e. The third kappa shape index (κ3) is 1.16. The van der Waals surface area contributed by atoms with Crippen LogP contribution < -0.4 is 0 Å². The lowest BCUT2D eigenvalue weighted by atomic mass is 9.34. The van der Waals surface area contributed by atoms with Crippen LogP contribution in [0.25, 0.3) is 0 Å². The van der Waals surface area contributed by atoms with E-state index in [0.717, 1.165) is 25.2 Å². The van der Waals surface area contributed by atoms with Crippen LogP contribution in [0.3, 0.4) is 0 Å². The molecule has 4 aliphatic carbocycles. The molecule has 0 heterocycles. The third-order valence-corrected chi connectivity index (χ3v) is 5.39. The summed E-state index contributed by atoms with van der Waals surface area (Å²) < 4.78 is 21.8. The van der Waals surface area contributed by atoms with Gasteiger partial charge in [0, 0.05) is 10.7 Å². The van der Waals surface area contributed by atoms with Gasteiger partial charge in [0.2, 0.25) is 9.05 Å². The second-order valence-corrected chi connectivity index (χ2v) is 8.13. The van der Waals surface area contributed by atoms with Gasteiger partial charge < -0.3 is 0 Å². The van der Waals surface area contributed by atoms with Gasteiger partial charge in [0.05, 0.1) is 5.75 Å². The normalized spacial score (nSPS) is 48.1. The third-order valence-electron chi connectivity index (χ3n) is 4.10. The van der Waals surface area contributed by atoms with Gasteiger partial charge in [-0.25, -0.2) is 8.42 Å². The van der Waals surface area contributed by atoms with Crippen LogP contribution in [-0.4, -0.2) is 14.2 Å². The first-order chi connectivity index (χ1) is 5.93. The molecule has 4 rings (SSSR count). The Morgan fingerprint density at radius 3 is 2.15 bits per heavy atom. The monoisotopic (exact) mass is 220 g/mol. The van der Waals surface area contributed by atoms with E-state index < -0.39 is 9.05 Å². The molecule has 0 aromatic carbocycles. The Hall–Kier alpha value is 0.240. The van der Waals surface area contributed by atoms with Crippen LogP contribution in [0.5, 0.6) is 0 Å². The summed E-state index contributed by atoms with van der Waals surface area (Å²) in [4.78, 5) is 0. The van der Waals surface area contributed by atoms with Crippen LogP contribution in [0.15, 0.2) is 0 Å². The number of rotatable bonds is 3. The zero-order valence-electron chi connectivity index (χ0n) is 7.42. The summed E-state index contributed by atoms with van der Waals surface area (Å²) in [5.74, 6) is 1.16. The van der Waals surface area contributed by atoms with Gasteiger partial charge in [-0.2, -0.15) is 0 Å². The first kappa shape index (κ1) is 8.54. The Bertz CT molecular complexity index is 336. The highest BCUT2D eigenvalue weighted by atomic mass is 35.7. The molecule has 2 bridgehead atoms. The molecule has 13 heavy (non-hydrogen) atoms. The fourth-order valence-electron chi connectivity index (χ4n) is 3.73. The van der Waals surface area contributed by atoms with E-state index in [-0.39, 0.29) is 11.2 Å². The maximum Gasteiger partial charge on any atom is 0.233 e. The molecule has 4 fully saturated rings. The number of hydrogen-bond donors (Lipinski definition) is 0. The highest BCUT2D eigenvalue weighted by Gasteiger charge is 2.72. The van der Waals surface area contributed by atoms with Crippen molar-refractivity contribution in [2.45, 2.75) is 32.1 Å². The topological polar surface area (TPSA) is 34.1 Å². The van der Waals surface area contributed by atoms with Gasteiger partial charge in [0.25, 0.3) is 0 Å². The molecule has 0 spiro atoms. The molecule has 4 aliphatic rings. The quantitative estimate of drug-likeness (QED) is 0.683. The van der Waals surface area contributed by atoms with Crippen LogP contribution in [0.2, 0.25) is 0 Å². The van der Waals surface area contributed by atoms with Crippen molar-refractivity contribution in [2.75, 3.05) is 5.75 Å². The molecule has 0 aromatic heterocycles. The summed E-state index contributed by atoms with van der Waals surface area (Å²) in [6.07, 6.45) is 6.16. The van der Waals surface area contributed by atoms with Gasteiger partial charge in [-0.05, 0) is 48.9 Å². The summed E-state index contributed by atoms with van der Waals surface area (Å²) in [5.41, 5.74) is 0.699. The molecule has 0 aliphatic heterocycles. The maximum atomic E-state index is 10.9. The van der Waals surface area contributed by atoms with Gasteiger partial charge in [0.1, 0.15) is 0 Å². The van der Waals surface area contributed by atoms with Gasteiger partial charge >= 0.3 is 0 Å². The Morgan fingerprint density at radius 2 is 1.77 bits per heavy atom. The van der Waals surface area contributed by atoms with E-state index >= 15 is 0 Å². The second kappa shape index (κ2) is 2.08. The predicted molar refractivity (Wildman–Crippen MR) is 51.1 cm³/mol. The molecule has 0 saturated heterocycles. The molecule has 0 N–H and O–H groups in total. The van der Waals surface area contributed by atoms with Gasteiger partial charge in [-0.3, -0.25) is 0 Å². The van der Waals surface area contributed by atoms with Gasteiger partial charge in [0.15, 0.2) is 0 Å². The summed E-state index contributed by atoms with van der Waals surface area (Å²) in [6, 6.07) is 0. The van der Waals surface area contributed by atoms with Crippen molar-refractivity contribution in [2.24, 2.45) is 16.7 Å². The maximum absolute atomic E-state index is 10.9. The van der Waals surface area contributed by atoms with Crippen molar-refractivity contribution >= 4 is 19.7 Å². The lowest BCUT2D eigenvalue weighted by Gasteiger charge is -2.71. The average molecular weight is 221 g/mol. The van der Waals surface area contributed by atoms with E-state index in [1.54, 1.807) is 0 Å². The van der Waals surface area contributed by atoms with Gasteiger partial charge in [-0.15, -0.1) is 0 Å². The molecule has 0 atom stereocenters. The number of halogens is 1. The number of hydrogen-bond acceptors (Lipinski definition) is 2. The Labute approximate surface area is 83.1 Å². The summed E-state index contributed by atoms with van der Waals surface area (Å²) in [6.45, 7) is 0. The van der Waals surface area contributed by atoms with Crippen molar-refractivity contribution in [1.82, 2.24) is 0 Å². The van der Waals surface area contributed by atoms with Crippen molar-refractivity contribution < 1.29 is 8.42 Å². The van der Waals surface area contributed by atoms with E-state index in [1.807, 2.05) is 0 Å². The molecular formula is C9H13ClO2S. The molecule has 4 heteroatoms. The second-order valence-electron chi connectivity index (χ2n) is 5.35. The highest BCUT2D eigenvalue weighted by molar-refractivity contribution is 8.13. The van der Waals surface area contributed by atoms with Crippen molar-refractivity contribution in [1.29, 1.82) is 0 Å². The average Bonchev–Trinajstić information content (AvgIpc) is 2.52. The largest absolute Gasteiger partial charge is 0.233 e. The van der Waals surface area contributed by atoms with Crippen molar-refractivity contribution in [3.05, 3.63) is 0 Å². The lowest BCUT2D eigenvalue weighted by Crippen LogP contribution is -2.64. The molecule has 4 saturated carbocycles. The molecule has 2 nitrogen and oxygen atoms in total. The Balaban J connectivity index is 1.67. The zero-order chi connectivity index (χ0) is 9.32. The SMILES string of the molecule is O=S(=O)(Cl)CC12CC(C3CC3)(C1)C2. The van der Waals surface area contributed by atoms with Crippen LogP contribution >= 0.6 is 10.7 Å². The fourth-order valence-corrected chi connectivity index (χ4v) is 5.46. The minimum absolute atomic E-state index is 0.114. The van der Waals surface area contributed by atoms with Crippen LogP contribution in [0, 0.1) is 16.7 Å². The van der Waals surface area contributed by atoms with Crippen LogP contribution in [-0.2, 0) is 9.05 Å². The zero-order valence-corrected chi connectivity index (χ0v) is 9.00. The van der Waals surface area contributed by atoms with Gasteiger partial charge in [-0.1, -0.05) is 0 Å². The van der Waals surface area contributed by atoms with Crippen LogP contribution in [0.1, 0.15) is 32.1 Å².